The summed E-state index contributed by atoms with van der Waals surface area (Å²) in [5, 5.41) is 0.613. The lowest BCUT2D eigenvalue weighted by atomic mass is 10.3. The van der Waals surface area contributed by atoms with E-state index in [9.17, 15) is 9.59 Å². The summed E-state index contributed by atoms with van der Waals surface area (Å²) in [6.07, 6.45) is 3.54. The Hall–Kier alpha value is -3.07. The zero-order chi connectivity index (χ0) is 21.1. The van der Waals surface area contributed by atoms with E-state index in [1.165, 1.54) is 19.5 Å². The van der Waals surface area contributed by atoms with Crippen molar-refractivity contribution in [2.75, 3.05) is 44.7 Å². The minimum absolute atomic E-state index is 0.0457. The predicted octanol–water partition coefficient (Wildman–Crippen LogP) is 2.06. The minimum atomic E-state index is -0.195. The van der Waals surface area contributed by atoms with Gasteiger partial charge in [0.1, 0.15) is 12.6 Å². The van der Waals surface area contributed by atoms with Crippen LogP contribution in [0.1, 0.15) is 6.42 Å². The largest absolute Gasteiger partial charge is 0.477 e. The molecule has 4 rings (SSSR count). The van der Waals surface area contributed by atoms with Crippen LogP contribution in [0.5, 0.6) is 11.8 Å². The highest BCUT2D eigenvalue weighted by atomic mass is 35.5. The number of carbonyl (C=O) groups is 2. The second-order valence-electron chi connectivity index (χ2n) is 7.07. The highest BCUT2D eigenvalue weighted by molar-refractivity contribution is 6.30. The molecule has 0 radical (unpaired) electrons. The van der Waals surface area contributed by atoms with Gasteiger partial charge in [0, 0.05) is 49.2 Å². The number of nitrogens with zero attached hydrogens (tertiary/aromatic N) is 5. The first-order valence-electron chi connectivity index (χ1n) is 9.66. The molecule has 1 aromatic heterocycles. The Labute approximate surface area is 179 Å². The summed E-state index contributed by atoms with van der Waals surface area (Å²) in [5.41, 5.74) is 0.770. The highest BCUT2D eigenvalue weighted by Gasteiger charge is 2.34. The maximum absolute atomic E-state index is 12.7. The number of likely N-dealkylation sites (tertiary alicyclic amines) is 1. The molecule has 30 heavy (non-hydrogen) atoms. The summed E-state index contributed by atoms with van der Waals surface area (Å²) < 4.78 is 11.0. The molecule has 158 valence electrons. The predicted molar refractivity (Wildman–Crippen MR) is 110 cm³/mol. The number of aromatic nitrogens is 2. The summed E-state index contributed by atoms with van der Waals surface area (Å²) in [6.45, 7) is 2.07. The normalized spacial score (nSPS) is 18.8. The quantitative estimate of drug-likeness (QED) is 0.695. The van der Waals surface area contributed by atoms with Gasteiger partial charge in [-0.2, -0.15) is 0 Å². The number of ether oxygens (including phenoxy) is 2. The van der Waals surface area contributed by atoms with Crippen molar-refractivity contribution in [3.8, 4) is 11.8 Å². The van der Waals surface area contributed by atoms with E-state index in [4.69, 9.17) is 21.1 Å². The lowest BCUT2D eigenvalue weighted by Gasteiger charge is -2.22. The number of rotatable bonds is 6. The Morgan fingerprint density at radius 2 is 1.87 bits per heavy atom. The fourth-order valence-electron chi connectivity index (χ4n) is 3.60. The van der Waals surface area contributed by atoms with Gasteiger partial charge < -0.3 is 19.3 Å². The van der Waals surface area contributed by atoms with Crippen molar-refractivity contribution < 1.29 is 19.1 Å². The van der Waals surface area contributed by atoms with Crippen molar-refractivity contribution in [1.29, 1.82) is 0 Å². The summed E-state index contributed by atoms with van der Waals surface area (Å²) in [4.78, 5) is 38.6. The molecule has 0 N–H and O–H groups in total. The van der Waals surface area contributed by atoms with E-state index < -0.39 is 0 Å². The standard InChI is InChI=1S/C20H22ClN5O4/c1-29-18-19(23-8-7-22-18)30-16-6-9-24(12-16)17(27)13-25-10-11-26(20(25)28)15-4-2-14(21)3-5-15/h2-5,7-8,16H,6,9-13H2,1H3. The van der Waals surface area contributed by atoms with Crippen molar-refractivity contribution >= 4 is 29.2 Å². The van der Waals surface area contributed by atoms with Gasteiger partial charge in [-0.25, -0.2) is 14.8 Å². The monoisotopic (exact) mass is 431 g/mol. The van der Waals surface area contributed by atoms with Gasteiger partial charge >= 0.3 is 6.03 Å². The minimum Gasteiger partial charge on any atom is -0.477 e. The van der Waals surface area contributed by atoms with Crippen molar-refractivity contribution in [2.45, 2.75) is 12.5 Å². The first kappa shape index (κ1) is 20.2. The van der Waals surface area contributed by atoms with Crippen LogP contribution < -0.4 is 14.4 Å². The Balaban J connectivity index is 1.31. The van der Waals surface area contributed by atoms with E-state index in [2.05, 4.69) is 9.97 Å². The zero-order valence-corrected chi connectivity index (χ0v) is 17.3. The number of urea groups is 1. The number of hydrogen-bond acceptors (Lipinski definition) is 6. The zero-order valence-electron chi connectivity index (χ0n) is 16.5. The molecule has 10 heteroatoms. The molecule has 2 saturated heterocycles. The van der Waals surface area contributed by atoms with Crippen LogP contribution in [-0.2, 0) is 4.79 Å². The first-order chi connectivity index (χ1) is 14.5. The van der Waals surface area contributed by atoms with Gasteiger partial charge in [0.2, 0.25) is 5.91 Å². The van der Waals surface area contributed by atoms with E-state index in [0.29, 0.717) is 49.4 Å². The maximum atomic E-state index is 12.7. The molecule has 0 bridgehead atoms. The summed E-state index contributed by atoms with van der Waals surface area (Å²) in [5.74, 6) is 0.526. The average molecular weight is 432 g/mol. The fraction of sp³-hybridized carbons (Fsp3) is 0.400. The van der Waals surface area contributed by atoms with Crippen LogP contribution in [0.3, 0.4) is 0 Å². The van der Waals surface area contributed by atoms with Gasteiger partial charge in [-0.3, -0.25) is 9.69 Å². The summed E-state index contributed by atoms with van der Waals surface area (Å²) >= 11 is 5.92. The lowest BCUT2D eigenvalue weighted by Crippen LogP contribution is -2.42. The molecule has 3 heterocycles. The number of anilines is 1. The Morgan fingerprint density at radius 3 is 2.60 bits per heavy atom. The number of hydrogen-bond donors (Lipinski definition) is 0. The van der Waals surface area contributed by atoms with Crippen LogP contribution >= 0.6 is 11.6 Å². The number of halogens is 1. The van der Waals surface area contributed by atoms with Crippen molar-refractivity contribution in [3.63, 3.8) is 0 Å². The molecular formula is C20H22ClN5O4. The third kappa shape index (κ3) is 4.25. The van der Waals surface area contributed by atoms with Gasteiger partial charge in [-0.15, -0.1) is 0 Å². The van der Waals surface area contributed by atoms with E-state index in [0.717, 1.165) is 5.69 Å². The molecule has 2 aliphatic heterocycles. The van der Waals surface area contributed by atoms with E-state index in [1.807, 2.05) is 0 Å². The molecule has 2 aromatic rings. The first-order valence-corrected chi connectivity index (χ1v) is 10.0. The topological polar surface area (TPSA) is 88.1 Å². The van der Waals surface area contributed by atoms with Crippen molar-refractivity contribution in [3.05, 3.63) is 41.7 Å². The molecule has 3 amide bonds. The maximum Gasteiger partial charge on any atom is 0.325 e. The number of amides is 3. The van der Waals surface area contributed by atoms with Gasteiger partial charge in [0.25, 0.3) is 11.8 Å². The Bertz CT molecular complexity index is 926. The Morgan fingerprint density at radius 1 is 1.13 bits per heavy atom. The van der Waals surface area contributed by atoms with Crippen LogP contribution in [0.15, 0.2) is 36.7 Å². The van der Waals surface area contributed by atoms with Crippen LogP contribution in [0.2, 0.25) is 5.02 Å². The third-order valence-electron chi connectivity index (χ3n) is 5.16. The van der Waals surface area contributed by atoms with Gasteiger partial charge in [0.15, 0.2) is 0 Å². The molecular weight excluding hydrogens is 410 g/mol. The van der Waals surface area contributed by atoms with Crippen LogP contribution in [0.25, 0.3) is 0 Å². The van der Waals surface area contributed by atoms with Gasteiger partial charge in [-0.1, -0.05) is 11.6 Å². The van der Waals surface area contributed by atoms with Crippen LogP contribution in [0.4, 0.5) is 10.5 Å². The van der Waals surface area contributed by atoms with Gasteiger partial charge in [-0.05, 0) is 24.3 Å². The second-order valence-corrected chi connectivity index (χ2v) is 7.51. The molecule has 2 fully saturated rings. The SMILES string of the molecule is COc1nccnc1OC1CCN(C(=O)CN2CCN(c3ccc(Cl)cc3)C2=O)C1. The molecule has 1 aromatic carbocycles. The smallest absolute Gasteiger partial charge is 0.325 e. The number of carbonyl (C=O) groups excluding carboxylic acids is 2. The van der Waals surface area contributed by atoms with E-state index in [1.54, 1.807) is 39.0 Å². The fourth-order valence-corrected chi connectivity index (χ4v) is 3.72. The molecule has 0 spiro atoms. The van der Waals surface area contributed by atoms with E-state index >= 15 is 0 Å². The van der Waals surface area contributed by atoms with Crippen molar-refractivity contribution in [2.24, 2.45) is 0 Å². The van der Waals surface area contributed by atoms with Crippen LogP contribution in [0, 0.1) is 0 Å². The van der Waals surface area contributed by atoms with E-state index in [-0.39, 0.29) is 24.6 Å². The van der Waals surface area contributed by atoms with Crippen molar-refractivity contribution in [1.82, 2.24) is 19.8 Å². The summed E-state index contributed by atoms with van der Waals surface area (Å²) in [6, 6.07) is 6.91. The molecule has 2 aliphatic rings. The molecule has 1 unspecified atom stereocenters. The summed E-state index contributed by atoms with van der Waals surface area (Å²) in [7, 11) is 1.50. The number of benzene rings is 1. The molecule has 0 saturated carbocycles. The second kappa shape index (κ2) is 8.74. The average Bonchev–Trinajstić information content (AvgIpc) is 3.36. The van der Waals surface area contributed by atoms with Gasteiger partial charge in [0.05, 0.1) is 13.7 Å². The number of methoxy groups -OCH3 is 1. The molecule has 9 nitrogen and oxygen atoms in total. The molecule has 1 atom stereocenters. The highest BCUT2D eigenvalue weighted by Crippen LogP contribution is 2.25. The molecule has 0 aliphatic carbocycles. The van der Waals surface area contributed by atoms with Crippen LogP contribution in [-0.4, -0.2) is 77.6 Å². The Kier molecular flexibility index (Phi) is 5.89. The lowest BCUT2D eigenvalue weighted by molar-refractivity contribution is -0.130. The third-order valence-corrected chi connectivity index (χ3v) is 5.41.